The maximum atomic E-state index is 13.0. The summed E-state index contributed by atoms with van der Waals surface area (Å²) in [6, 6.07) is 7.14. The van der Waals surface area contributed by atoms with Crippen LogP contribution in [-0.2, 0) is 16.1 Å². The van der Waals surface area contributed by atoms with Crippen LogP contribution in [0.2, 0.25) is 0 Å². The van der Waals surface area contributed by atoms with Crippen molar-refractivity contribution in [3.63, 3.8) is 0 Å². The number of pyridine rings is 1. The van der Waals surface area contributed by atoms with Gasteiger partial charge in [-0.2, -0.15) is 0 Å². The van der Waals surface area contributed by atoms with Gasteiger partial charge in [0.15, 0.2) is 11.6 Å². The van der Waals surface area contributed by atoms with E-state index in [0.29, 0.717) is 18.1 Å². The predicted octanol–water partition coefficient (Wildman–Crippen LogP) is 2.35. The molecule has 1 aliphatic rings. The molecule has 0 saturated carbocycles. The number of ether oxygens (including phenoxy) is 1. The number of aromatic nitrogens is 1. The lowest BCUT2D eigenvalue weighted by atomic mass is 10.00. The maximum absolute atomic E-state index is 13.0. The van der Waals surface area contributed by atoms with E-state index in [1.54, 1.807) is 29.7 Å². The Morgan fingerprint density at radius 3 is 2.88 bits per heavy atom. The highest BCUT2D eigenvalue weighted by molar-refractivity contribution is 7.09. The summed E-state index contributed by atoms with van der Waals surface area (Å²) < 4.78 is 5.78. The average Bonchev–Trinajstić information content (AvgIpc) is 3.06. The van der Waals surface area contributed by atoms with Gasteiger partial charge in [-0.1, -0.05) is 6.07 Å². The third-order valence-electron chi connectivity index (χ3n) is 3.87. The van der Waals surface area contributed by atoms with E-state index in [0.717, 1.165) is 4.88 Å². The molecule has 2 aromatic heterocycles. The van der Waals surface area contributed by atoms with Crippen molar-refractivity contribution in [2.24, 2.45) is 0 Å². The van der Waals surface area contributed by atoms with Crippen molar-refractivity contribution in [2.75, 3.05) is 4.90 Å². The highest BCUT2D eigenvalue weighted by Gasteiger charge is 2.51. The molecule has 7 heteroatoms. The molecule has 126 valence electrons. The Kier molecular flexibility index (Phi) is 4.28. The summed E-state index contributed by atoms with van der Waals surface area (Å²) in [6.45, 7) is 5.63. The van der Waals surface area contributed by atoms with Gasteiger partial charge in [-0.25, -0.2) is 4.98 Å². The zero-order valence-corrected chi connectivity index (χ0v) is 14.6. The lowest BCUT2D eigenvalue weighted by Gasteiger charge is -2.40. The number of carbonyl (C=O) groups excluding carboxylic acids is 2. The van der Waals surface area contributed by atoms with Crippen LogP contribution in [0.5, 0.6) is 5.75 Å². The first-order valence-electron chi connectivity index (χ1n) is 7.72. The molecule has 0 radical (unpaired) electrons. The largest absolute Gasteiger partial charge is 0.464 e. The fourth-order valence-corrected chi connectivity index (χ4v) is 3.25. The van der Waals surface area contributed by atoms with Crippen LogP contribution < -0.4 is 15.0 Å². The third kappa shape index (κ3) is 2.75. The molecule has 0 aromatic carbocycles. The van der Waals surface area contributed by atoms with E-state index in [-0.39, 0.29) is 6.04 Å². The molecule has 3 heterocycles. The Morgan fingerprint density at radius 1 is 1.42 bits per heavy atom. The molecule has 1 aliphatic heterocycles. The fourth-order valence-electron chi connectivity index (χ4n) is 2.60. The van der Waals surface area contributed by atoms with Gasteiger partial charge in [-0.3, -0.25) is 14.5 Å². The van der Waals surface area contributed by atoms with Gasteiger partial charge in [0.1, 0.15) is 0 Å². The van der Waals surface area contributed by atoms with Crippen LogP contribution in [-0.4, -0.2) is 28.4 Å². The van der Waals surface area contributed by atoms with Gasteiger partial charge in [-0.05, 0) is 44.4 Å². The van der Waals surface area contributed by atoms with E-state index >= 15 is 0 Å². The summed E-state index contributed by atoms with van der Waals surface area (Å²) in [5.41, 5.74) is -1.61. The molecule has 6 nitrogen and oxygen atoms in total. The molecule has 0 unspecified atom stereocenters. The van der Waals surface area contributed by atoms with Gasteiger partial charge in [0, 0.05) is 17.1 Å². The first kappa shape index (κ1) is 16.4. The normalized spacial score (nSPS) is 19.8. The number of nitrogens with one attached hydrogen (secondary N) is 1. The molecule has 0 fully saturated rings. The zero-order valence-electron chi connectivity index (χ0n) is 13.8. The summed E-state index contributed by atoms with van der Waals surface area (Å²) >= 11 is 1.54. The third-order valence-corrected chi connectivity index (χ3v) is 4.75. The Balaban J connectivity index is 1.89. The van der Waals surface area contributed by atoms with Crippen molar-refractivity contribution in [3.05, 3.63) is 40.7 Å². The van der Waals surface area contributed by atoms with Crippen LogP contribution in [0.25, 0.3) is 0 Å². The number of rotatable bonds is 4. The van der Waals surface area contributed by atoms with Crippen molar-refractivity contribution in [1.82, 2.24) is 10.3 Å². The molecule has 2 amide bonds. The van der Waals surface area contributed by atoms with Gasteiger partial charge in [0.25, 0.3) is 17.4 Å². The van der Waals surface area contributed by atoms with Gasteiger partial charge >= 0.3 is 0 Å². The predicted molar refractivity (Wildman–Crippen MR) is 92.1 cm³/mol. The summed E-state index contributed by atoms with van der Waals surface area (Å²) in [6.07, 6.45) is 1.60. The standard InChI is InChI=1S/C17H19N3O3S/c1-11(2)20-14-13(7-4-8-18-14)23-17(3,16(20)22)15(21)19-10-12-6-5-9-24-12/h4-9,11H,10H2,1-3H3,(H,19,21)/t17-/m1/s1. The molecule has 24 heavy (non-hydrogen) atoms. The second-order valence-electron chi connectivity index (χ2n) is 5.99. The van der Waals surface area contributed by atoms with E-state index in [1.807, 2.05) is 31.4 Å². The minimum Gasteiger partial charge on any atom is -0.464 e. The van der Waals surface area contributed by atoms with Crippen molar-refractivity contribution in [1.29, 1.82) is 0 Å². The quantitative estimate of drug-likeness (QED) is 0.864. The maximum Gasteiger partial charge on any atom is 0.282 e. The number of nitrogens with zero attached hydrogens (tertiary/aromatic N) is 2. The monoisotopic (exact) mass is 345 g/mol. The van der Waals surface area contributed by atoms with E-state index in [9.17, 15) is 9.59 Å². The number of hydrogen-bond acceptors (Lipinski definition) is 5. The van der Waals surface area contributed by atoms with Gasteiger partial charge < -0.3 is 10.1 Å². The molecular formula is C17H19N3O3S. The Labute approximate surface area is 144 Å². The summed E-state index contributed by atoms with van der Waals surface area (Å²) in [5, 5.41) is 4.73. The van der Waals surface area contributed by atoms with Gasteiger partial charge in [-0.15, -0.1) is 11.3 Å². The summed E-state index contributed by atoms with van der Waals surface area (Å²) in [7, 11) is 0. The molecule has 1 atom stereocenters. The van der Waals surface area contributed by atoms with Crippen LogP contribution in [0, 0.1) is 0 Å². The summed E-state index contributed by atoms with van der Waals surface area (Å²) in [4.78, 5) is 32.4. The highest BCUT2D eigenvalue weighted by atomic mass is 32.1. The summed E-state index contributed by atoms with van der Waals surface area (Å²) in [5.74, 6) is 0.00837. The fraction of sp³-hybridized carbons (Fsp3) is 0.353. The molecule has 0 saturated heterocycles. The zero-order chi connectivity index (χ0) is 17.3. The smallest absolute Gasteiger partial charge is 0.282 e. The van der Waals surface area contributed by atoms with Crippen LogP contribution in [0.4, 0.5) is 5.82 Å². The number of amides is 2. The van der Waals surface area contributed by atoms with Crippen molar-refractivity contribution >= 4 is 29.0 Å². The lowest BCUT2D eigenvalue weighted by molar-refractivity contribution is -0.148. The number of fused-ring (bicyclic) bond motifs is 1. The molecule has 0 aliphatic carbocycles. The second-order valence-corrected chi connectivity index (χ2v) is 7.02. The molecule has 1 N–H and O–H groups in total. The molecule has 0 bridgehead atoms. The molecule has 2 aromatic rings. The van der Waals surface area contributed by atoms with Crippen molar-refractivity contribution < 1.29 is 14.3 Å². The van der Waals surface area contributed by atoms with Crippen LogP contribution in [0.3, 0.4) is 0 Å². The van der Waals surface area contributed by atoms with Gasteiger partial charge in [0.2, 0.25) is 0 Å². The van der Waals surface area contributed by atoms with E-state index in [2.05, 4.69) is 10.3 Å². The minimum atomic E-state index is -1.61. The highest BCUT2D eigenvalue weighted by Crippen LogP contribution is 2.37. The van der Waals surface area contributed by atoms with Crippen molar-refractivity contribution in [2.45, 2.75) is 39.0 Å². The molecule has 0 spiro atoms. The topological polar surface area (TPSA) is 71.5 Å². The minimum absolute atomic E-state index is 0.139. The first-order chi connectivity index (χ1) is 11.4. The van der Waals surface area contributed by atoms with Crippen LogP contribution in [0.1, 0.15) is 25.6 Å². The Bertz CT molecular complexity index is 760. The first-order valence-corrected chi connectivity index (χ1v) is 8.60. The lowest BCUT2D eigenvalue weighted by Crippen LogP contribution is -2.63. The number of thiophene rings is 1. The number of hydrogen-bond donors (Lipinski definition) is 1. The number of carbonyl (C=O) groups is 2. The SMILES string of the molecule is CC(C)N1C(=O)[C@@](C)(C(=O)NCc2cccs2)Oc2cccnc21. The Hall–Kier alpha value is -2.41. The van der Waals surface area contributed by atoms with Gasteiger partial charge in [0.05, 0.1) is 6.54 Å². The molecular weight excluding hydrogens is 326 g/mol. The Morgan fingerprint density at radius 2 is 2.21 bits per heavy atom. The van der Waals surface area contributed by atoms with E-state index in [1.165, 1.54) is 11.8 Å². The van der Waals surface area contributed by atoms with Crippen molar-refractivity contribution in [3.8, 4) is 5.75 Å². The average molecular weight is 345 g/mol. The van der Waals surface area contributed by atoms with E-state index < -0.39 is 17.4 Å². The van der Waals surface area contributed by atoms with Crippen LogP contribution >= 0.6 is 11.3 Å². The molecule has 3 rings (SSSR count). The number of anilines is 1. The second kappa shape index (κ2) is 6.24. The van der Waals surface area contributed by atoms with E-state index in [4.69, 9.17) is 4.74 Å². The van der Waals surface area contributed by atoms with Crippen LogP contribution in [0.15, 0.2) is 35.8 Å².